The third kappa shape index (κ3) is 4.44. The second-order valence-electron chi connectivity index (χ2n) is 7.11. The first-order chi connectivity index (χ1) is 12.8. The van der Waals surface area contributed by atoms with Gasteiger partial charge in [-0.15, -0.1) is 24.8 Å². The van der Waals surface area contributed by atoms with Gasteiger partial charge in [-0.3, -0.25) is 9.58 Å². The van der Waals surface area contributed by atoms with Crippen LogP contribution >= 0.6 is 36.2 Å². The molecule has 28 heavy (non-hydrogen) atoms. The molecule has 6 nitrogen and oxygen atoms in total. The van der Waals surface area contributed by atoms with Crippen LogP contribution in [0.2, 0.25) is 0 Å². The highest BCUT2D eigenvalue weighted by atomic mass is 35.5. The molecule has 5 rings (SSSR count). The Labute approximate surface area is 181 Å². The smallest absolute Gasteiger partial charge is 0.186 e. The van der Waals surface area contributed by atoms with Gasteiger partial charge in [0.15, 0.2) is 5.13 Å². The van der Waals surface area contributed by atoms with Crippen LogP contribution in [0.4, 0.5) is 5.13 Å². The van der Waals surface area contributed by atoms with Crippen LogP contribution in [0.1, 0.15) is 17.8 Å². The summed E-state index contributed by atoms with van der Waals surface area (Å²) in [6.07, 6.45) is 1.17. The van der Waals surface area contributed by atoms with Gasteiger partial charge in [0, 0.05) is 45.8 Å². The van der Waals surface area contributed by atoms with E-state index in [9.17, 15) is 0 Å². The highest BCUT2D eigenvalue weighted by Gasteiger charge is 2.19. The molecule has 3 aromatic rings. The van der Waals surface area contributed by atoms with E-state index in [1.165, 1.54) is 22.5 Å². The maximum absolute atomic E-state index is 4.83. The van der Waals surface area contributed by atoms with Crippen molar-refractivity contribution >= 4 is 51.5 Å². The molecule has 1 N–H and O–H groups in total. The van der Waals surface area contributed by atoms with E-state index in [-0.39, 0.29) is 24.8 Å². The lowest BCUT2D eigenvalue weighted by Gasteiger charge is -2.20. The van der Waals surface area contributed by atoms with Gasteiger partial charge in [0.25, 0.3) is 0 Å². The van der Waals surface area contributed by atoms with Crippen molar-refractivity contribution in [3.8, 4) is 0 Å². The first-order valence-electron chi connectivity index (χ1n) is 9.44. The Morgan fingerprint density at radius 1 is 1.04 bits per heavy atom. The minimum absolute atomic E-state index is 0. The second-order valence-corrected chi connectivity index (χ2v) is 8.12. The quantitative estimate of drug-likeness (QED) is 0.677. The zero-order valence-corrected chi connectivity index (χ0v) is 18.2. The Balaban J connectivity index is 0.00000112. The van der Waals surface area contributed by atoms with Gasteiger partial charge >= 0.3 is 0 Å². The zero-order valence-electron chi connectivity index (χ0n) is 15.7. The van der Waals surface area contributed by atoms with Crippen LogP contribution in [0.15, 0.2) is 30.3 Å². The minimum atomic E-state index is 0. The highest BCUT2D eigenvalue weighted by molar-refractivity contribution is 7.22. The summed E-state index contributed by atoms with van der Waals surface area (Å²) in [7, 11) is 0. The average molecular weight is 441 g/mol. The fraction of sp³-hybridized carbons (Fsp3) is 0.474. The van der Waals surface area contributed by atoms with Gasteiger partial charge in [0.1, 0.15) is 0 Å². The Morgan fingerprint density at radius 2 is 1.93 bits per heavy atom. The number of halogens is 2. The van der Waals surface area contributed by atoms with Crippen molar-refractivity contribution in [1.29, 1.82) is 0 Å². The molecule has 0 bridgehead atoms. The number of thiazole rings is 1. The topological polar surface area (TPSA) is 49.2 Å². The van der Waals surface area contributed by atoms with Crippen LogP contribution in [0.25, 0.3) is 10.2 Å². The van der Waals surface area contributed by atoms with Crippen LogP contribution in [-0.4, -0.2) is 52.4 Å². The molecule has 4 heterocycles. The molecule has 0 atom stereocenters. The molecule has 0 amide bonds. The van der Waals surface area contributed by atoms with Gasteiger partial charge in [0.05, 0.1) is 28.1 Å². The van der Waals surface area contributed by atoms with Gasteiger partial charge in [-0.1, -0.05) is 23.5 Å². The maximum atomic E-state index is 4.83. The second kappa shape index (κ2) is 9.41. The number of nitrogens with one attached hydrogen (secondary N) is 1. The summed E-state index contributed by atoms with van der Waals surface area (Å²) in [5.74, 6) is 0. The summed E-state index contributed by atoms with van der Waals surface area (Å²) in [5.41, 5.74) is 3.64. The Morgan fingerprint density at radius 3 is 2.79 bits per heavy atom. The van der Waals surface area contributed by atoms with Gasteiger partial charge in [-0.25, -0.2) is 4.98 Å². The largest absolute Gasteiger partial charge is 0.347 e. The lowest BCUT2D eigenvalue weighted by Crippen LogP contribution is -2.30. The predicted molar refractivity (Wildman–Crippen MR) is 120 cm³/mol. The Hall–Kier alpha value is -1.38. The average Bonchev–Trinajstić information content (AvgIpc) is 3.20. The van der Waals surface area contributed by atoms with Crippen molar-refractivity contribution < 1.29 is 0 Å². The third-order valence-corrected chi connectivity index (χ3v) is 6.34. The summed E-state index contributed by atoms with van der Waals surface area (Å²) in [6, 6.07) is 10.7. The standard InChI is InChI=1S/C19H24N6S.2ClH/c1-2-5-18-17(4-1)21-19(26-18)24-8-3-7-23(10-11-24)14-15-12-16-13-20-6-9-25(16)22-15;;/h1-2,4-5,12,20H,3,6-11,13-14H2;2*1H. The molecule has 2 aromatic heterocycles. The lowest BCUT2D eigenvalue weighted by atomic mass is 10.3. The van der Waals surface area contributed by atoms with E-state index in [2.05, 4.69) is 50.1 Å². The number of fused-ring (bicyclic) bond motifs is 2. The van der Waals surface area contributed by atoms with Crippen LogP contribution < -0.4 is 10.2 Å². The molecule has 0 unspecified atom stereocenters. The maximum Gasteiger partial charge on any atom is 0.186 e. The highest BCUT2D eigenvalue weighted by Crippen LogP contribution is 2.29. The van der Waals surface area contributed by atoms with Crippen molar-refractivity contribution in [2.45, 2.75) is 26.1 Å². The fourth-order valence-corrected chi connectivity index (χ4v) is 4.89. The molecule has 1 aromatic carbocycles. The number of nitrogens with zero attached hydrogens (tertiary/aromatic N) is 5. The molecule has 0 aliphatic carbocycles. The van der Waals surface area contributed by atoms with E-state index in [0.29, 0.717) is 0 Å². The number of benzene rings is 1. The molecule has 0 saturated carbocycles. The van der Waals surface area contributed by atoms with Gasteiger partial charge in [-0.05, 0) is 24.6 Å². The summed E-state index contributed by atoms with van der Waals surface area (Å²) in [4.78, 5) is 9.82. The van der Waals surface area contributed by atoms with E-state index in [0.717, 1.165) is 63.0 Å². The van der Waals surface area contributed by atoms with Crippen molar-refractivity contribution in [3.63, 3.8) is 0 Å². The summed E-state index contributed by atoms with van der Waals surface area (Å²) in [5, 5.41) is 9.37. The van der Waals surface area contributed by atoms with Crippen LogP contribution in [0.5, 0.6) is 0 Å². The Kier molecular flexibility index (Phi) is 7.17. The predicted octanol–water partition coefficient (Wildman–Crippen LogP) is 3.15. The van der Waals surface area contributed by atoms with Crippen molar-refractivity contribution in [1.82, 2.24) is 25.0 Å². The fourth-order valence-electron chi connectivity index (χ4n) is 3.87. The van der Waals surface area contributed by atoms with E-state index in [1.807, 2.05) is 11.3 Å². The zero-order chi connectivity index (χ0) is 17.3. The molecular formula is C19H26Cl2N6S. The van der Waals surface area contributed by atoms with Crippen LogP contribution in [0.3, 0.4) is 0 Å². The normalized spacial score (nSPS) is 17.5. The van der Waals surface area contributed by atoms with Gasteiger partial charge in [-0.2, -0.15) is 5.10 Å². The van der Waals surface area contributed by atoms with Gasteiger partial charge in [0.2, 0.25) is 0 Å². The minimum Gasteiger partial charge on any atom is -0.347 e. The molecule has 0 radical (unpaired) electrons. The van der Waals surface area contributed by atoms with Crippen LogP contribution in [0, 0.1) is 0 Å². The molecule has 2 aliphatic rings. The summed E-state index contributed by atoms with van der Waals surface area (Å²) >= 11 is 1.81. The first-order valence-corrected chi connectivity index (χ1v) is 10.3. The molecule has 0 spiro atoms. The number of rotatable bonds is 3. The number of para-hydroxylation sites is 1. The molecule has 2 aliphatic heterocycles. The molecule has 1 fully saturated rings. The van der Waals surface area contributed by atoms with Crippen molar-refractivity contribution in [2.24, 2.45) is 0 Å². The monoisotopic (exact) mass is 440 g/mol. The number of hydrogen-bond donors (Lipinski definition) is 1. The summed E-state index contributed by atoms with van der Waals surface area (Å²) < 4.78 is 3.44. The van der Waals surface area contributed by atoms with E-state index < -0.39 is 0 Å². The molecule has 152 valence electrons. The van der Waals surface area contributed by atoms with E-state index in [1.54, 1.807) is 0 Å². The number of hydrogen-bond acceptors (Lipinski definition) is 6. The molecule has 1 saturated heterocycles. The van der Waals surface area contributed by atoms with Crippen molar-refractivity contribution in [3.05, 3.63) is 41.7 Å². The Bertz CT molecular complexity index is 854. The number of anilines is 1. The first kappa shape index (κ1) is 21.3. The van der Waals surface area contributed by atoms with Gasteiger partial charge < -0.3 is 10.2 Å². The molecular weight excluding hydrogens is 415 g/mol. The lowest BCUT2D eigenvalue weighted by molar-refractivity contribution is 0.280. The third-order valence-electron chi connectivity index (χ3n) is 5.25. The van der Waals surface area contributed by atoms with E-state index in [4.69, 9.17) is 10.1 Å². The van der Waals surface area contributed by atoms with Crippen LogP contribution in [-0.2, 0) is 19.6 Å². The number of aromatic nitrogens is 3. The SMILES string of the molecule is Cl.Cl.c1ccc2sc(N3CCCN(Cc4cc5n(n4)CCNC5)CC3)nc2c1. The molecule has 9 heteroatoms. The van der Waals surface area contributed by atoms with E-state index >= 15 is 0 Å². The van der Waals surface area contributed by atoms with Crippen molar-refractivity contribution in [2.75, 3.05) is 37.6 Å². The summed E-state index contributed by atoms with van der Waals surface area (Å²) in [6.45, 7) is 8.22.